The highest BCUT2D eigenvalue weighted by molar-refractivity contribution is 7.92. The smallest absolute Gasteiger partial charge is 0.262 e. The maximum absolute atomic E-state index is 13.9. The number of rotatable bonds is 7. The molecular weight excluding hydrogens is 423 g/mol. The third-order valence-electron chi connectivity index (χ3n) is 4.23. The van der Waals surface area contributed by atoms with Crippen molar-refractivity contribution < 1.29 is 17.5 Å². The van der Waals surface area contributed by atoms with Crippen molar-refractivity contribution in [2.24, 2.45) is 0 Å². The number of benzene rings is 2. The largest absolute Gasteiger partial charge is 0.494 e. The quantitative estimate of drug-likeness (QED) is 0.453. The second-order valence-electron chi connectivity index (χ2n) is 6.32. The molecule has 0 aliphatic heterocycles. The average Bonchev–Trinajstić information content (AvgIpc) is 3.30. The van der Waals surface area contributed by atoms with Crippen LogP contribution < -0.4 is 14.8 Å². The van der Waals surface area contributed by atoms with Crippen LogP contribution in [0.15, 0.2) is 78.2 Å². The van der Waals surface area contributed by atoms with Crippen molar-refractivity contribution in [3.8, 4) is 11.6 Å². The molecule has 4 aromatic rings. The fourth-order valence-electron chi connectivity index (χ4n) is 2.74. The van der Waals surface area contributed by atoms with Crippen LogP contribution in [-0.2, 0) is 10.0 Å². The van der Waals surface area contributed by atoms with Gasteiger partial charge in [-0.3, -0.25) is 4.72 Å². The molecule has 0 saturated heterocycles. The first kappa shape index (κ1) is 20.3. The van der Waals surface area contributed by atoms with Gasteiger partial charge in [0.1, 0.15) is 12.1 Å². The van der Waals surface area contributed by atoms with Gasteiger partial charge in [0.05, 0.1) is 12.0 Å². The summed E-state index contributed by atoms with van der Waals surface area (Å²) >= 11 is 0. The van der Waals surface area contributed by atoms with E-state index in [4.69, 9.17) is 4.74 Å². The summed E-state index contributed by atoms with van der Waals surface area (Å²) in [7, 11) is -2.65. The monoisotopic (exact) mass is 440 g/mol. The van der Waals surface area contributed by atoms with Gasteiger partial charge < -0.3 is 10.1 Å². The van der Waals surface area contributed by atoms with Gasteiger partial charge in [0, 0.05) is 29.8 Å². The number of anilines is 3. The van der Waals surface area contributed by atoms with E-state index in [9.17, 15) is 12.8 Å². The molecule has 0 bridgehead atoms. The lowest BCUT2D eigenvalue weighted by atomic mass is 10.3. The Kier molecular flexibility index (Phi) is 5.50. The first-order chi connectivity index (χ1) is 14.9. The summed E-state index contributed by atoms with van der Waals surface area (Å²) in [6, 6.07) is 13.5. The molecule has 2 heterocycles. The van der Waals surface area contributed by atoms with E-state index >= 15 is 0 Å². The number of nitrogens with zero attached hydrogens (tertiary/aromatic N) is 4. The van der Waals surface area contributed by atoms with E-state index in [1.165, 1.54) is 25.6 Å². The van der Waals surface area contributed by atoms with Crippen LogP contribution >= 0.6 is 0 Å². The minimum Gasteiger partial charge on any atom is -0.494 e. The number of methoxy groups -OCH3 is 1. The van der Waals surface area contributed by atoms with Crippen molar-refractivity contribution in [2.75, 3.05) is 17.1 Å². The van der Waals surface area contributed by atoms with Gasteiger partial charge in [-0.1, -0.05) is 0 Å². The van der Waals surface area contributed by atoms with Crippen molar-refractivity contribution in [1.29, 1.82) is 0 Å². The molecule has 11 heteroatoms. The Labute approximate surface area is 177 Å². The lowest BCUT2D eigenvalue weighted by molar-refractivity contribution is 0.385. The summed E-state index contributed by atoms with van der Waals surface area (Å²) in [5.74, 6) is 0.347. The first-order valence-corrected chi connectivity index (χ1v) is 10.5. The Morgan fingerprint density at radius 2 is 1.81 bits per heavy atom. The number of hydrogen-bond acceptors (Lipinski definition) is 7. The zero-order valence-electron chi connectivity index (χ0n) is 16.2. The zero-order chi connectivity index (χ0) is 21.8. The first-order valence-electron chi connectivity index (χ1n) is 9.00. The molecule has 158 valence electrons. The Balaban J connectivity index is 1.47. The van der Waals surface area contributed by atoms with Crippen LogP contribution in [0.25, 0.3) is 5.82 Å². The van der Waals surface area contributed by atoms with Gasteiger partial charge in [0.15, 0.2) is 17.4 Å². The number of nitrogens with one attached hydrogen (secondary N) is 2. The zero-order valence-corrected chi connectivity index (χ0v) is 17.0. The second-order valence-corrected chi connectivity index (χ2v) is 8.00. The number of sulfonamides is 1. The molecule has 2 N–H and O–H groups in total. The fourth-order valence-corrected chi connectivity index (χ4v) is 3.81. The topological polar surface area (TPSA) is 111 Å². The number of aromatic nitrogens is 4. The SMILES string of the molecule is COc1ccc(S(=O)(=O)Nc2ccc(Nc3cc(-n4cccn4)ncn3)cc2)cc1F. The summed E-state index contributed by atoms with van der Waals surface area (Å²) in [6.07, 6.45) is 4.83. The van der Waals surface area contributed by atoms with Crippen LogP contribution in [0.4, 0.5) is 21.6 Å². The minimum absolute atomic E-state index is 0.0326. The van der Waals surface area contributed by atoms with E-state index < -0.39 is 15.8 Å². The predicted octanol–water partition coefficient (Wildman–Crippen LogP) is 3.35. The molecule has 0 spiro atoms. The predicted molar refractivity (Wildman–Crippen MR) is 113 cm³/mol. The molecule has 0 aliphatic carbocycles. The van der Waals surface area contributed by atoms with Crippen LogP contribution in [0.1, 0.15) is 0 Å². The number of ether oxygens (including phenoxy) is 1. The molecule has 0 unspecified atom stereocenters. The van der Waals surface area contributed by atoms with E-state index in [1.54, 1.807) is 53.5 Å². The normalized spacial score (nSPS) is 11.2. The van der Waals surface area contributed by atoms with Crippen LogP contribution in [-0.4, -0.2) is 35.3 Å². The van der Waals surface area contributed by atoms with Crippen molar-refractivity contribution in [3.05, 3.63) is 79.1 Å². The van der Waals surface area contributed by atoms with E-state index in [2.05, 4.69) is 25.1 Å². The molecule has 0 fully saturated rings. The van der Waals surface area contributed by atoms with Gasteiger partial charge in [-0.25, -0.2) is 27.5 Å². The van der Waals surface area contributed by atoms with E-state index in [1.807, 2.05) is 0 Å². The molecule has 4 rings (SSSR count). The molecule has 0 radical (unpaired) electrons. The average molecular weight is 440 g/mol. The third kappa shape index (κ3) is 4.61. The van der Waals surface area contributed by atoms with E-state index in [0.29, 0.717) is 23.0 Å². The third-order valence-corrected chi connectivity index (χ3v) is 5.61. The van der Waals surface area contributed by atoms with Gasteiger partial charge in [0.25, 0.3) is 10.0 Å². The van der Waals surface area contributed by atoms with Gasteiger partial charge in [-0.2, -0.15) is 5.10 Å². The van der Waals surface area contributed by atoms with Crippen LogP contribution in [0.2, 0.25) is 0 Å². The molecule has 0 aliphatic rings. The summed E-state index contributed by atoms with van der Waals surface area (Å²) in [5.41, 5.74) is 1.00. The molecule has 9 nitrogen and oxygen atoms in total. The second kappa shape index (κ2) is 8.40. The maximum Gasteiger partial charge on any atom is 0.262 e. The van der Waals surface area contributed by atoms with Crippen LogP contribution in [0.5, 0.6) is 5.75 Å². The van der Waals surface area contributed by atoms with Gasteiger partial charge in [-0.05, 0) is 48.5 Å². The fraction of sp³-hybridized carbons (Fsp3) is 0.0500. The van der Waals surface area contributed by atoms with Gasteiger partial charge in [0.2, 0.25) is 0 Å². The lowest BCUT2D eigenvalue weighted by Crippen LogP contribution is -2.13. The van der Waals surface area contributed by atoms with Crippen molar-refractivity contribution >= 4 is 27.2 Å². The number of halogens is 1. The van der Waals surface area contributed by atoms with E-state index in [-0.39, 0.29) is 10.6 Å². The highest BCUT2D eigenvalue weighted by Gasteiger charge is 2.17. The maximum atomic E-state index is 13.9. The summed E-state index contributed by atoms with van der Waals surface area (Å²) in [6.45, 7) is 0. The molecule has 31 heavy (non-hydrogen) atoms. The molecule has 2 aromatic carbocycles. The van der Waals surface area contributed by atoms with Crippen LogP contribution in [0, 0.1) is 5.82 Å². The molecule has 0 amide bonds. The Bertz CT molecular complexity index is 1300. The van der Waals surface area contributed by atoms with Crippen molar-refractivity contribution in [3.63, 3.8) is 0 Å². The Morgan fingerprint density at radius 1 is 1.03 bits per heavy atom. The Hall–Kier alpha value is -3.99. The highest BCUT2D eigenvalue weighted by atomic mass is 32.2. The van der Waals surface area contributed by atoms with Gasteiger partial charge in [-0.15, -0.1) is 0 Å². The highest BCUT2D eigenvalue weighted by Crippen LogP contribution is 2.24. The van der Waals surface area contributed by atoms with Crippen LogP contribution in [0.3, 0.4) is 0 Å². The molecule has 0 saturated carbocycles. The summed E-state index contributed by atoms with van der Waals surface area (Å²) in [4.78, 5) is 8.12. The summed E-state index contributed by atoms with van der Waals surface area (Å²) in [5, 5.41) is 7.24. The lowest BCUT2D eigenvalue weighted by Gasteiger charge is -2.11. The molecule has 2 aromatic heterocycles. The summed E-state index contributed by atoms with van der Waals surface area (Å²) < 4.78 is 47.7. The van der Waals surface area contributed by atoms with Gasteiger partial charge >= 0.3 is 0 Å². The van der Waals surface area contributed by atoms with E-state index in [0.717, 1.165) is 6.07 Å². The Morgan fingerprint density at radius 3 is 2.48 bits per heavy atom. The van der Waals surface area contributed by atoms with Crippen molar-refractivity contribution in [2.45, 2.75) is 4.90 Å². The molecule has 0 atom stereocenters. The standard InChI is InChI=1S/C20H17FN6O3S/c1-30-18-8-7-16(11-17(18)21)31(28,29)26-15-5-3-14(4-6-15)25-19-12-20(23-13-22-19)27-10-2-9-24-27/h2-13,26H,1H3,(H,22,23,25). The van der Waals surface area contributed by atoms with Crippen molar-refractivity contribution in [1.82, 2.24) is 19.7 Å². The number of hydrogen-bond donors (Lipinski definition) is 2. The minimum atomic E-state index is -3.96. The molecular formula is C20H17FN6O3S.